The van der Waals surface area contributed by atoms with Crippen molar-refractivity contribution in [2.75, 3.05) is 18.5 Å². The summed E-state index contributed by atoms with van der Waals surface area (Å²) in [6.07, 6.45) is 5.15. The number of rotatable bonds is 4. The Morgan fingerprint density at radius 3 is 2.69 bits per heavy atom. The smallest absolute Gasteiger partial charge is 0.135 e. The summed E-state index contributed by atoms with van der Waals surface area (Å²) in [4.78, 5) is 11.1. The molecule has 1 aromatic heterocycles. The molecule has 2 saturated carbocycles. The van der Waals surface area contributed by atoms with Crippen molar-refractivity contribution in [3.8, 4) is 0 Å². The molecule has 3 nitrogen and oxygen atoms in total. The molecule has 16 heavy (non-hydrogen) atoms. The topological polar surface area (TPSA) is 29.0 Å². The van der Waals surface area contributed by atoms with Crippen LogP contribution in [0.3, 0.4) is 0 Å². The highest BCUT2D eigenvalue weighted by Gasteiger charge is 2.28. The Morgan fingerprint density at radius 2 is 2.06 bits per heavy atom. The molecule has 0 N–H and O–H groups in total. The highest BCUT2D eigenvalue weighted by atomic mass is 35.5. The molecule has 0 spiro atoms. The maximum atomic E-state index is 6.04. The molecule has 0 unspecified atom stereocenters. The lowest BCUT2D eigenvalue weighted by Gasteiger charge is -2.18. The lowest BCUT2D eigenvalue weighted by molar-refractivity contribution is 0.768. The highest BCUT2D eigenvalue weighted by molar-refractivity contribution is 6.29. The van der Waals surface area contributed by atoms with Gasteiger partial charge in [-0.05, 0) is 31.6 Å². The standard InChI is InChI=1S/C12H16ClN3/c1-16(7-8-2-3-8)11-6-10(13)14-12(15-11)9-4-5-9/h6,8-9H,2-5,7H2,1H3. The van der Waals surface area contributed by atoms with Crippen molar-refractivity contribution >= 4 is 17.4 Å². The Bertz CT molecular complexity index is 399. The largest absolute Gasteiger partial charge is 0.359 e. The van der Waals surface area contributed by atoms with Gasteiger partial charge in [-0.1, -0.05) is 11.6 Å². The van der Waals surface area contributed by atoms with Crippen LogP contribution in [0.5, 0.6) is 0 Å². The SMILES string of the molecule is CN(CC1CC1)c1cc(Cl)nc(C2CC2)n1. The van der Waals surface area contributed by atoms with Crippen molar-refractivity contribution in [1.82, 2.24) is 9.97 Å². The van der Waals surface area contributed by atoms with Crippen LogP contribution < -0.4 is 4.90 Å². The maximum absolute atomic E-state index is 6.04. The van der Waals surface area contributed by atoms with E-state index in [9.17, 15) is 0 Å². The van der Waals surface area contributed by atoms with E-state index in [4.69, 9.17) is 11.6 Å². The zero-order chi connectivity index (χ0) is 11.1. The number of hydrogen-bond acceptors (Lipinski definition) is 3. The van der Waals surface area contributed by atoms with Crippen molar-refractivity contribution in [3.63, 3.8) is 0 Å². The molecule has 2 fully saturated rings. The molecule has 2 aliphatic carbocycles. The van der Waals surface area contributed by atoms with E-state index in [-0.39, 0.29) is 0 Å². The molecule has 0 bridgehead atoms. The summed E-state index contributed by atoms with van der Waals surface area (Å²) in [6, 6.07) is 1.87. The Kier molecular flexibility index (Phi) is 2.51. The summed E-state index contributed by atoms with van der Waals surface area (Å²) < 4.78 is 0. The first-order valence-corrected chi connectivity index (χ1v) is 6.36. The average molecular weight is 238 g/mol. The van der Waals surface area contributed by atoms with E-state index in [2.05, 4.69) is 21.9 Å². The molecule has 0 atom stereocenters. The van der Waals surface area contributed by atoms with Crippen LogP contribution in [0, 0.1) is 5.92 Å². The predicted molar refractivity (Wildman–Crippen MR) is 65.0 cm³/mol. The van der Waals surface area contributed by atoms with Crippen molar-refractivity contribution in [2.45, 2.75) is 31.6 Å². The van der Waals surface area contributed by atoms with Gasteiger partial charge >= 0.3 is 0 Å². The second-order valence-corrected chi connectivity index (χ2v) is 5.39. The van der Waals surface area contributed by atoms with Gasteiger partial charge in [-0.3, -0.25) is 0 Å². The first-order valence-electron chi connectivity index (χ1n) is 5.98. The van der Waals surface area contributed by atoms with Gasteiger partial charge in [0, 0.05) is 25.6 Å². The lowest BCUT2D eigenvalue weighted by Crippen LogP contribution is -2.21. The minimum atomic E-state index is 0.562. The van der Waals surface area contributed by atoms with Gasteiger partial charge in [0.25, 0.3) is 0 Å². The molecule has 2 aliphatic rings. The molecular formula is C12H16ClN3. The molecule has 86 valence electrons. The van der Waals surface area contributed by atoms with E-state index >= 15 is 0 Å². The summed E-state index contributed by atoms with van der Waals surface area (Å²) >= 11 is 6.04. The van der Waals surface area contributed by atoms with Gasteiger partial charge in [0.2, 0.25) is 0 Å². The van der Waals surface area contributed by atoms with Crippen LogP contribution >= 0.6 is 11.6 Å². The Morgan fingerprint density at radius 1 is 1.31 bits per heavy atom. The average Bonchev–Trinajstić information content (AvgIpc) is 3.11. The van der Waals surface area contributed by atoms with Crippen LogP contribution in [0.25, 0.3) is 0 Å². The Hall–Kier alpha value is -0.830. The van der Waals surface area contributed by atoms with Gasteiger partial charge < -0.3 is 4.90 Å². The summed E-state index contributed by atoms with van der Waals surface area (Å²) in [6.45, 7) is 1.09. The van der Waals surface area contributed by atoms with Gasteiger partial charge in [-0.2, -0.15) is 0 Å². The molecule has 1 aromatic rings. The summed E-state index contributed by atoms with van der Waals surface area (Å²) in [5, 5.41) is 0.578. The number of aromatic nitrogens is 2. The van der Waals surface area contributed by atoms with E-state index in [1.807, 2.05) is 6.07 Å². The van der Waals surface area contributed by atoms with Crippen molar-refractivity contribution in [2.24, 2.45) is 5.92 Å². The molecule has 0 radical (unpaired) electrons. The van der Waals surface area contributed by atoms with Crippen molar-refractivity contribution in [1.29, 1.82) is 0 Å². The summed E-state index contributed by atoms with van der Waals surface area (Å²) in [7, 11) is 2.09. The van der Waals surface area contributed by atoms with E-state index in [1.165, 1.54) is 25.7 Å². The first kappa shape index (κ1) is 10.3. The minimum Gasteiger partial charge on any atom is -0.359 e. The third-order valence-electron chi connectivity index (χ3n) is 3.26. The molecule has 0 aromatic carbocycles. The zero-order valence-corrected chi connectivity index (χ0v) is 10.2. The van der Waals surface area contributed by atoms with Crippen LogP contribution in [0.4, 0.5) is 5.82 Å². The normalized spacial score (nSPS) is 19.9. The first-order chi connectivity index (χ1) is 7.72. The van der Waals surface area contributed by atoms with Crippen LogP contribution in [-0.2, 0) is 0 Å². The third-order valence-corrected chi connectivity index (χ3v) is 3.45. The zero-order valence-electron chi connectivity index (χ0n) is 9.49. The van der Waals surface area contributed by atoms with Crippen LogP contribution in [0.1, 0.15) is 37.4 Å². The van der Waals surface area contributed by atoms with Crippen molar-refractivity contribution in [3.05, 3.63) is 17.0 Å². The van der Waals surface area contributed by atoms with E-state index in [0.717, 1.165) is 24.1 Å². The second kappa shape index (κ2) is 3.88. The van der Waals surface area contributed by atoms with Crippen LogP contribution in [0.15, 0.2) is 6.07 Å². The number of hydrogen-bond donors (Lipinski definition) is 0. The van der Waals surface area contributed by atoms with E-state index in [1.54, 1.807) is 0 Å². The van der Waals surface area contributed by atoms with Crippen molar-refractivity contribution < 1.29 is 0 Å². The van der Waals surface area contributed by atoms with Crippen LogP contribution in [0.2, 0.25) is 5.15 Å². The van der Waals surface area contributed by atoms with Gasteiger partial charge in [-0.15, -0.1) is 0 Å². The highest BCUT2D eigenvalue weighted by Crippen LogP contribution is 2.39. The number of nitrogens with zero attached hydrogens (tertiary/aromatic N) is 3. The molecule has 0 aliphatic heterocycles. The van der Waals surface area contributed by atoms with E-state index in [0.29, 0.717) is 11.1 Å². The predicted octanol–water partition coefficient (Wildman–Crippen LogP) is 2.85. The second-order valence-electron chi connectivity index (χ2n) is 5.01. The quantitative estimate of drug-likeness (QED) is 0.754. The maximum Gasteiger partial charge on any atom is 0.135 e. The molecule has 0 amide bonds. The molecule has 1 heterocycles. The molecular weight excluding hydrogens is 222 g/mol. The fraction of sp³-hybridized carbons (Fsp3) is 0.667. The van der Waals surface area contributed by atoms with E-state index < -0.39 is 0 Å². The Balaban J connectivity index is 1.80. The van der Waals surface area contributed by atoms with Crippen LogP contribution in [-0.4, -0.2) is 23.6 Å². The minimum absolute atomic E-state index is 0.562. The van der Waals surface area contributed by atoms with Gasteiger partial charge in [0.1, 0.15) is 16.8 Å². The Labute approximate surface area is 101 Å². The van der Waals surface area contributed by atoms with Gasteiger partial charge in [0.15, 0.2) is 0 Å². The summed E-state index contributed by atoms with van der Waals surface area (Å²) in [5.41, 5.74) is 0. The monoisotopic (exact) mass is 237 g/mol. The fourth-order valence-electron chi connectivity index (χ4n) is 1.92. The fourth-order valence-corrected chi connectivity index (χ4v) is 2.11. The third kappa shape index (κ3) is 2.29. The number of halogens is 1. The van der Waals surface area contributed by atoms with Gasteiger partial charge in [-0.25, -0.2) is 9.97 Å². The number of anilines is 1. The van der Waals surface area contributed by atoms with Gasteiger partial charge in [0.05, 0.1) is 0 Å². The molecule has 3 rings (SSSR count). The summed E-state index contributed by atoms with van der Waals surface area (Å²) in [5.74, 6) is 3.34. The lowest BCUT2D eigenvalue weighted by atomic mass is 10.3. The molecule has 4 heteroatoms. The molecule has 0 saturated heterocycles.